The van der Waals surface area contributed by atoms with Gasteiger partial charge in [-0.05, 0) is 0 Å². The topological polar surface area (TPSA) is 33.8 Å². The quantitative estimate of drug-likeness (QED) is 0.0419. The van der Waals surface area contributed by atoms with Crippen LogP contribution in [0.5, 0.6) is 0 Å². The van der Waals surface area contributed by atoms with Crippen molar-refractivity contribution in [2.45, 2.75) is 6.54 Å². The van der Waals surface area contributed by atoms with Crippen molar-refractivity contribution in [3.63, 3.8) is 0 Å². The SMILES string of the molecule is Fc1c(F)c(F)c([B-](c2c(F)c(F)c(F)c(F)c2F)(c2c(F)c(F)c(F)c(F)c2F)c2c(F)c(F)c(F)c(F)c2F)c(F)c1F.O=C(C[n+]1ccnc(F)c1F)c1ccccc1. The normalized spacial score (nSPS) is 11.5. The molecule has 0 bridgehead atoms. The molecule has 0 N–H and O–H groups in total. The number of aromatic nitrogens is 2. The van der Waals surface area contributed by atoms with Gasteiger partial charge >= 0.3 is 11.9 Å². The van der Waals surface area contributed by atoms with Crippen molar-refractivity contribution in [2.75, 3.05) is 0 Å². The predicted molar refractivity (Wildman–Crippen MR) is 164 cm³/mol. The molecule has 0 amide bonds. The zero-order valence-corrected chi connectivity index (χ0v) is 28.9. The van der Waals surface area contributed by atoms with Crippen molar-refractivity contribution in [1.29, 1.82) is 0 Å². The van der Waals surface area contributed by atoms with Crippen LogP contribution in [0, 0.1) is 128 Å². The maximum atomic E-state index is 15.4. The van der Waals surface area contributed by atoms with E-state index in [1.807, 2.05) is 0 Å². The summed E-state index contributed by atoms with van der Waals surface area (Å²) in [5, 5.41) is 0. The zero-order valence-electron chi connectivity index (χ0n) is 28.9. The van der Waals surface area contributed by atoms with Crippen LogP contribution >= 0.6 is 0 Å². The third-order valence-electron chi connectivity index (χ3n) is 8.97. The molecule has 1 heterocycles. The van der Waals surface area contributed by atoms with Crippen molar-refractivity contribution in [2.24, 2.45) is 0 Å². The third-order valence-corrected chi connectivity index (χ3v) is 8.97. The van der Waals surface area contributed by atoms with Gasteiger partial charge < -0.3 is 0 Å². The van der Waals surface area contributed by atoms with Crippen molar-refractivity contribution < 1.29 is 106 Å². The Kier molecular flexibility index (Phi) is 12.8. The van der Waals surface area contributed by atoms with Gasteiger partial charge in [0.1, 0.15) is 52.7 Å². The van der Waals surface area contributed by atoms with E-state index in [1.165, 1.54) is 6.20 Å². The standard InChI is InChI=1S/C24BF20.C12H9F2N2O/c26-5-1(6(27)14(35)21(42)13(5)34)25(2-7(28)15(36)22(43)16(37)8(2)29,3-9(30)17(38)23(44)18(39)10(3)31)4-11(32)19(40)24(45)20(41)12(4)33;13-11-12(14)16(7-6-15-11)8-10(17)9-4-2-1-3-5-9/h;1-7H,8H2/q-1;+1. The molecule has 26 heteroatoms. The van der Waals surface area contributed by atoms with Crippen molar-refractivity contribution >= 4 is 33.8 Å². The first kappa shape index (κ1) is 46.4. The third kappa shape index (κ3) is 7.12. The number of Topliss-reactive ketones (excluding diaryl/α,β-unsaturated/α-hetero) is 1. The number of hydrogen-bond donors (Lipinski definition) is 0. The molecule has 6 rings (SSSR count). The van der Waals surface area contributed by atoms with E-state index in [2.05, 4.69) is 4.98 Å². The minimum Gasteiger partial charge on any atom is -0.287 e. The fourth-order valence-corrected chi connectivity index (χ4v) is 6.28. The van der Waals surface area contributed by atoms with Gasteiger partial charge in [0.15, 0.2) is 76.0 Å². The molecule has 0 fully saturated rings. The minimum atomic E-state index is -7.22. The largest absolute Gasteiger partial charge is 0.416 e. The number of benzene rings is 5. The van der Waals surface area contributed by atoms with E-state index >= 15 is 35.1 Å². The maximum absolute atomic E-state index is 15.4. The van der Waals surface area contributed by atoms with Gasteiger partial charge in [0, 0.05) is 5.56 Å². The highest BCUT2D eigenvalue weighted by Crippen LogP contribution is 2.30. The molecule has 1 aromatic heterocycles. The number of carbonyl (C=O) groups is 1. The second kappa shape index (κ2) is 17.0. The fraction of sp³-hybridized carbons (Fsp3) is 0.0278. The summed E-state index contributed by atoms with van der Waals surface area (Å²) in [6.45, 7) is -0.255. The van der Waals surface area contributed by atoms with E-state index in [4.69, 9.17) is 0 Å². The average molecular weight is 914 g/mol. The summed E-state index contributed by atoms with van der Waals surface area (Å²) >= 11 is 0. The second-order valence-corrected chi connectivity index (χ2v) is 12.2. The van der Waals surface area contributed by atoms with Crippen molar-refractivity contribution in [1.82, 2.24) is 4.98 Å². The van der Waals surface area contributed by atoms with Crippen molar-refractivity contribution in [3.8, 4) is 0 Å². The molecular weight excluding hydrogens is 905 g/mol. The molecule has 326 valence electrons. The Morgan fingerprint density at radius 2 is 0.661 bits per heavy atom. The first-order valence-corrected chi connectivity index (χ1v) is 15.9. The number of carbonyl (C=O) groups excluding carboxylic acids is 1. The molecule has 6 aromatic rings. The summed E-state index contributed by atoms with van der Waals surface area (Å²) in [4.78, 5) is 14.9. The van der Waals surface area contributed by atoms with E-state index in [-0.39, 0.29) is 12.3 Å². The van der Waals surface area contributed by atoms with Crippen LogP contribution in [0.4, 0.5) is 96.6 Å². The molecular formula is C36H9BF22N2O. The first-order valence-electron chi connectivity index (χ1n) is 15.9. The van der Waals surface area contributed by atoms with E-state index in [9.17, 15) is 66.3 Å². The average Bonchev–Trinajstić information content (AvgIpc) is 3.25. The Labute approximate surface area is 328 Å². The van der Waals surface area contributed by atoms with Crippen LogP contribution in [-0.4, -0.2) is 16.9 Å². The van der Waals surface area contributed by atoms with Gasteiger partial charge in [0.05, 0.1) is 6.20 Å². The number of ketones is 1. The lowest BCUT2D eigenvalue weighted by atomic mass is 9.12. The minimum absolute atomic E-state index is 0.255. The highest BCUT2D eigenvalue weighted by Gasteiger charge is 2.52. The van der Waals surface area contributed by atoms with Gasteiger partial charge in [-0.1, -0.05) is 30.3 Å². The molecule has 0 aliphatic rings. The van der Waals surface area contributed by atoms with Crippen LogP contribution in [0.3, 0.4) is 0 Å². The van der Waals surface area contributed by atoms with Crippen LogP contribution in [-0.2, 0) is 6.54 Å². The second-order valence-electron chi connectivity index (χ2n) is 12.2. The maximum Gasteiger partial charge on any atom is 0.416 e. The summed E-state index contributed by atoms with van der Waals surface area (Å²) in [6, 6.07) is 8.44. The van der Waals surface area contributed by atoms with E-state index in [0.717, 1.165) is 10.8 Å². The van der Waals surface area contributed by atoms with E-state index in [0.29, 0.717) is 5.56 Å². The molecule has 0 atom stereocenters. The molecule has 0 aliphatic carbocycles. The summed E-state index contributed by atoms with van der Waals surface area (Å²) in [5.41, 5.74) is -13.9. The molecule has 0 saturated heterocycles. The van der Waals surface area contributed by atoms with Gasteiger partial charge in [-0.15, -0.1) is 26.2 Å². The van der Waals surface area contributed by atoms with E-state index < -0.39 is 156 Å². The summed E-state index contributed by atoms with van der Waals surface area (Å²) in [6.07, 6.45) is -4.89. The van der Waals surface area contributed by atoms with Crippen LogP contribution in [0.15, 0.2) is 42.7 Å². The Balaban J connectivity index is 0.000000355. The van der Waals surface area contributed by atoms with Gasteiger partial charge in [0.25, 0.3) is 0 Å². The molecule has 0 unspecified atom stereocenters. The van der Waals surface area contributed by atoms with Gasteiger partial charge in [-0.2, -0.15) is 8.96 Å². The molecule has 0 spiro atoms. The Hall–Kier alpha value is -6.63. The van der Waals surface area contributed by atoms with E-state index in [1.54, 1.807) is 30.3 Å². The number of hydrogen-bond acceptors (Lipinski definition) is 2. The number of halogens is 22. The molecule has 0 saturated carbocycles. The van der Waals surface area contributed by atoms with Crippen LogP contribution < -0.4 is 26.4 Å². The van der Waals surface area contributed by atoms with Gasteiger partial charge in [0.2, 0.25) is 12.3 Å². The van der Waals surface area contributed by atoms with Crippen LogP contribution in [0.25, 0.3) is 0 Å². The lowest BCUT2D eigenvalue weighted by Gasteiger charge is -2.44. The van der Waals surface area contributed by atoms with Gasteiger partial charge in [-0.3, -0.25) is 4.79 Å². The summed E-state index contributed by atoms with van der Waals surface area (Å²) in [5.74, 6) is -74.1. The molecule has 0 aliphatic heterocycles. The predicted octanol–water partition coefficient (Wildman–Crippen LogP) is 7.38. The van der Waals surface area contributed by atoms with Crippen molar-refractivity contribution in [3.05, 3.63) is 177 Å². The lowest BCUT2D eigenvalue weighted by molar-refractivity contribution is -0.713. The lowest BCUT2D eigenvalue weighted by Crippen LogP contribution is -2.81. The number of rotatable bonds is 7. The first-order chi connectivity index (χ1) is 28.9. The molecule has 5 aromatic carbocycles. The smallest absolute Gasteiger partial charge is 0.287 e. The Morgan fingerprint density at radius 3 is 0.935 bits per heavy atom. The highest BCUT2D eigenvalue weighted by atomic mass is 19.2. The molecule has 62 heavy (non-hydrogen) atoms. The monoisotopic (exact) mass is 914 g/mol. The van der Waals surface area contributed by atoms with Crippen LogP contribution in [0.2, 0.25) is 0 Å². The Morgan fingerprint density at radius 1 is 0.403 bits per heavy atom. The number of nitrogens with zero attached hydrogens (tertiary/aromatic N) is 2. The molecule has 3 nitrogen and oxygen atoms in total. The van der Waals surface area contributed by atoms with Crippen LogP contribution in [0.1, 0.15) is 10.4 Å². The summed E-state index contributed by atoms with van der Waals surface area (Å²) < 4.78 is 321. The highest BCUT2D eigenvalue weighted by molar-refractivity contribution is 7.20. The fourth-order valence-electron chi connectivity index (χ4n) is 6.28. The Bertz CT molecular complexity index is 2440. The summed E-state index contributed by atoms with van der Waals surface area (Å²) in [7, 11) is 0. The molecule has 0 radical (unpaired) electrons. The zero-order chi connectivity index (χ0) is 46.6. The van der Waals surface area contributed by atoms with Gasteiger partial charge in [-0.25, -0.2) is 92.8 Å².